The van der Waals surface area contributed by atoms with E-state index in [1.807, 2.05) is 5.32 Å². The Balaban J connectivity index is 5.31. The van der Waals surface area contributed by atoms with E-state index in [1.54, 1.807) is 0 Å². The van der Waals surface area contributed by atoms with Crippen LogP contribution in [-0.2, 0) is 24.0 Å². The van der Waals surface area contributed by atoms with Gasteiger partial charge in [-0.15, -0.1) is 0 Å². The second-order valence-corrected chi connectivity index (χ2v) is 7.43. The lowest BCUT2D eigenvalue weighted by molar-refractivity contribution is -0.144. The van der Waals surface area contributed by atoms with E-state index < -0.39 is 66.5 Å². The van der Waals surface area contributed by atoms with Crippen LogP contribution in [0.1, 0.15) is 32.6 Å². The molecule has 0 aromatic rings. The molecule has 0 heterocycles. The number of aliphatic carboxylic acids is 1. The Morgan fingerprint density at radius 3 is 1.97 bits per heavy atom. The number of carboxylic acids is 1. The Hall–Kier alpha value is -3.50. The molecule has 0 rings (SSSR count). The summed E-state index contributed by atoms with van der Waals surface area (Å²) in [5.41, 5.74) is 21.3. The Morgan fingerprint density at radius 1 is 0.912 bits per heavy atom. The highest BCUT2D eigenvalue weighted by Gasteiger charge is 2.32. The minimum Gasteiger partial charge on any atom is -0.480 e. The summed E-state index contributed by atoms with van der Waals surface area (Å²) in [6, 6.07) is -5.71. The van der Waals surface area contributed by atoms with Gasteiger partial charge in [-0.05, 0) is 26.2 Å². The first-order valence-corrected chi connectivity index (χ1v) is 10.3. The van der Waals surface area contributed by atoms with Gasteiger partial charge in [0.15, 0.2) is 5.96 Å². The van der Waals surface area contributed by atoms with Crippen LogP contribution in [0.2, 0.25) is 0 Å². The molecule has 0 aromatic heterocycles. The number of aliphatic imine (C=N–C) groups is 1. The zero-order valence-electron chi connectivity index (χ0n) is 18.8. The molecule has 194 valence electrons. The molecule has 0 saturated carbocycles. The molecule has 14 N–H and O–H groups in total. The van der Waals surface area contributed by atoms with Gasteiger partial charge < -0.3 is 54.2 Å². The van der Waals surface area contributed by atoms with E-state index >= 15 is 0 Å². The quantitative estimate of drug-likeness (QED) is 0.0552. The summed E-state index contributed by atoms with van der Waals surface area (Å²) in [7, 11) is 0. The van der Waals surface area contributed by atoms with Gasteiger partial charge in [-0.3, -0.25) is 24.2 Å². The van der Waals surface area contributed by atoms with Crippen molar-refractivity contribution in [2.24, 2.45) is 27.9 Å². The third-order valence-corrected chi connectivity index (χ3v) is 4.48. The Labute approximate surface area is 195 Å². The fourth-order valence-corrected chi connectivity index (χ4v) is 2.59. The number of hydrogen-bond donors (Lipinski definition) is 10. The average molecular weight is 491 g/mol. The maximum absolute atomic E-state index is 12.7. The highest BCUT2D eigenvalue weighted by molar-refractivity contribution is 5.94. The Bertz CT molecular complexity index is 756. The first kappa shape index (κ1) is 30.5. The standard InChI is InChI=1S/C18H34N8O8/c1-8(28)13(16(32)25-11(7-27)17(33)34)26-15(31)10(4-5-12(20)29)24-14(30)9(19)3-2-6-23-18(21)22/h8-11,13,27-28H,2-7,19H2,1H3,(H2,20,29)(H,24,30)(H,25,32)(H,26,31)(H,33,34)(H4,21,22,23). The van der Waals surface area contributed by atoms with E-state index in [9.17, 15) is 29.1 Å². The Kier molecular flexibility index (Phi) is 13.8. The zero-order valence-corrected chi connectivity index (χ0v) is 18.8. The number of carbonyl (C=O) groups is 5. The fourth-order valence-electron chi connectivity index (χ4n) is 2.59. The van der Waals surface area contributed by atoms with Gasteiger partial charge >= 0.3 is 5.97 Å². The van der Waals surface area contributed by atoms with Crippen molar-refractivity contribution in [2.75, 3.05) is 13.2 Å². The number of nitrogens with one attached hydrogen (secondary N) is 3. The minimum atomic E-state index is -1.67. The second kappa shape index (κ2) is 15.4. The molecule has 0 saturated heterocycles. The first-order chi connectivity index (χ1) is 15.8. The van der Waals surface area contributed by atoms with Crippen LogP contribution in [0.5, 0.6) is 0 Å². The molecule has 16 nitrogen and oxygen atoms in total. The molecule has 5 unspecified atom stereocenters. The third kappa shape index (κ3) is 11.9. The molecular weight excluding hydrogens is 456 g/mol. The Morgan fingerprint density at radius 2 is 1.50 bits per heavy atom. The molecule has 16 heteroatoms. The lowest BCUT2D eigenvalue weighted by Crippen LogP contribution is -2.60. The van der Waals surface area contributed by atoms with Gasteiger partial charge in [0.25, 0.3) is 0 Å². The van der Waals surface area contributed by atoms with E-state index in [2.05, 4.69) is 15.6 Å². The average Bonchev–Trinajstić information content (AvgIpc) is 2.74. The summed E-state index contributed by atoms with van der Waals surface area (Å²) in [4.78, 5) is 63.4. The third-order valence-electron chi connectivity index (χ3n) is 4.48. The van der Waals surface area contributed by atoms with E-state index in [0.717, 1.165) is 6.92 Å². The van der Waals surface area contributed by atoms with Crippen LogP contribution in [-0.4, -0.2) is 94.3 Å². The molecule has 0 aliphatic carbocycles. The summed E-state index contributed by atoms with van der Waals surface area (Å²) >= 11 is 0. The van der Waals surface area contributed by atoms with Crippen molar-refractivity contribution < 1.29 is 39.3 Å². The van der Waals surface area contributed by atoms with Crippen LogP contribution in [0.25, 0.3) is 0 Å². The number of rotatable bonds is 16. The lowest BCUT2D eigenvalue weighted by atomic mass is 10.1. The van der Waals surface area contributed by atoms with Gasteiger partial charge in [0.2, 0.25) is 23.6 Å². The monoisotopic (exact) mass is 490 g/mol. The van der Waals surface area contributed by atoms with Crippen LogP contribution in [0.4, 0.5) is 0 Å². The van der Waals surface area contributed by atoms with Crippen molar-refractivity contribution in [3.63, 3.8) is 0 Å². The molecule has 0 aliphatic heterocycles. The molecule has 0 fully saturated rings. The SMILES string of the molecule is CC(O)C(NC(=O)C(CCC(N)=O)NC(=O)C(N)CCCN=C(N)N)C(=O)NC(CO)C(=O)O. The largest absolute Gasteiger partial charge is 0.480 e. The summed E-state index contributed by atoms with van der Waals surface area (Å²) in [5, 5.41) is 34.4. The van der Waals surface area contributed by atoms with Crippen molar-refractivity contribution in [2.45, 2.75) is 62.9 Å². The van der Waals surface area contributed by atoms with Gasteiger partial charge in [0.1, 0.15) is 18.1 Å². The topological polar surface area (TPSA) is 299 Å². The van der Waals surface area contributed by atoms with E-state index in [-0.39, 0.29) is 31.8 Å². The van der Waals surface area contributed by atoms with E-state index in [0.29, 0.717) is 6.42 Å². The van der Waals surface area contributed by atoms with Crippen molar-refractivity contribution in [3.05, 3.63) is 0 Å². The van der Waals surface area contributed by atoms with Crippen molar-refractivity contribution in [1.82, 2.24) is 16.0 Å². The lowest BCUT2D eigenvalue weighted by Gasteiger charge is -2.26. The van der Waals surface area contributed by atoms with Crippen LogP contribution >= 0.6 is 0 Å². The van der Waals surface area contributed by atoms with Gasteiger partial charge in [0.05, 0.1) is 18.8 Å². The molecule has 0 aliphatic rings. The molecule has 0 spiro atoms. The van der Waals surface area contributed by atoms with E-state index in [1.165, 1.54) is 0 Å². The van der Waals surface area contributed by atoms with Crippen LogP contribution in [0, 0.1) is 0 Å². The number of nitrogens with two attached hydrogens (primary N) is 4. The summed E-state index contributed by atoms with van der Waals surface area (Å²) < 4.78 is 0. The summed E-state index contributed by atoms with van der Waals surface area (Å²) in [5.74, 6) is -5.21. The van der Waals surface area contributed by atoms with Gasteiger partial charge in [-0.25, -0.2) is 4.79 Å². The maximum Gasteiger partial charge on any atom is 0.328 e. The van der Waals surface area contributed by atoms with Crippen molar-refractivity contribution in [1.29, 1.82) is 0 Å². The molecule has 0 aromatic carbocycles. The van der Waals surface area contributed by atoms with Gasteiger partial charge in [0, 0.05) is 13.0 Å². The van der Waals surface area contributed by atoms with E-state index in [4.69, 9.17) is 33.1 Å². The molecule has 5 atom stereocenters. The molecule has 0 radical (unpaired) electrons. The number of primary amides is 1. The number of carbonyl (C=O) groups excluding carboxylic acids is 4. The van der Waals surface area contributed by atoms with Gasteiger partial charge in [-0.2, -0.15) is 0 Å². The fraction of sp³-hybridized carbons (Fsp3) is 0.667. The number of aliphatic hydroxyl groups is 2. The molecule has 0 bridgehead atoms. The predicted octanol–water partition coefficient (Wildman–Crippen LogP) is -5.46. The highest BCUT2D eigenvalue weighted by atomic mass is 16.4. The molecular formula is C18H34N8O8. The number of guanidine groups is 1. The summed E-state index contributed by atoms with van der Waals surface area (Å²) in [6.45, 7) is 0.452. The van der Waals surface area contributed by atoms with Crippen molar-refractivity contribution in [3.8, 4) is 0 Å². The number of hydrogen-bond acceptors (Lipinski definition) is 9. The maximum atomic E-state index is 12.7. The minimum absolute atomic E-state index is 0.119. The predicted molar refractivity (Wildman–Crippen MR) is 119 cm³/mol. The number of amides is 4. The first-order valence-electron chi connectivity index (χ1n) is 10.3. The molecule has 4 amide bonds. The second-order valence-electron chi connectivity index (χ2n) is 7.43. The van der Waals surface area contributed by atoms with Gasteiger partial charge in [-0.1, -0.05) is 0 Å². The van der Waals surface area contributed by atoms with Crippen LogP contribution in [0.3, 0.4) is 0 Å². The summed E-state index contributed by atoms with van der Waals surface area (Å²) in [6.07, 6.45) is -1.48. The smallest absolute Gasteiger partial charge is 0.328 e. The number of aliphatic hydroxyl groups excluding tert-OH is 2. The van der Waals surface area contributed by atoms with Crippen LogP contribution in [0.15, 0.2) is 4.99 Å². The number of nitrogens with zero attached hydrogens (tertiary/aromatic N) is 1. The molecule has 34 heavy (non-hydrogen) atoms. The zero-order chi connectivity index (χ0) is 26.4. The normalized spacial score (nSPS) is 15.1. The number of carboxylic acid groups (broad SMARTS) is 1. The van der Waals surface area contributed by atoms with Crippen LogP contribution < -0.4 is 38.9 Å². The van der Waals surface area contributed by atoms with Crippen molar-refractivity contribution >= 4 is 35.6 Å². The highest BCUT2D eigenvalue weighted by Crippen LogP contribution is 2.04.